The second kappa shape index (κ2) is 13.5. The zero-order valence-corrected chi connectivity index (χ0v) is 25.6. The van der Waals surface area contributed by atoms with Gasteiger partial charge < -0.3 is 24.6 Å². The van der Waals surface area contributed by atoms with E-state index in [0.717, 1.165) is 11.8 Å². The normalized spacial score (nSPS) is 20.3. The number of esters is 1. The van der Waals surface area contributed by atoms with Crippen molar-refractivity contribution in [2.45, 2.75) is 40.9 Å². The first kappa shape index (κ1) is 31.5. The fourth-order valence-electron chi connectivity index (χ4n) is 5.01. The Morgan fingerprint density at radius 2 is 1.59 bits per heavy atom. The van der Waals surface area contributed by atoms with Crippen LogP contribution in [0.1, 0.15) is 33.4 Å². The largest absolute Gasteiger partial charge is 0.451 e. The highest BCUT2D eigenvalue weighted by molar-refractivity contribution is 8.05. The third-order valence-electron chi connectivity index (χ3n) is 7.24. The number of fused-ring (bicyclic) bond motifs is 1. The van der Waals surface area contributed by atoms with Gasteiger partial charge in [0, 0.05) is 16.9 Å². The molecule has 1 aliphatic heterocycles. The maximum atomic E-state index is 16.3. The van der Waals surface area contributed by atoms with Crippen LogP contribution in [0.2, 0.25) is 0 Å². The van der Waals surface area contributed by atoms with E-state index in [1.165, 1.54) is 29.4 Å². The van der Waals surface area contributed by atoms with Crippen LogP contribution in [-0.2, 0) is 14.0 Å². The fourth-order valence-corrected chi connectivity index (χ4v) is 7.32. The molecule has 0 saturated carbocycles. The van der Waals surface area contributed by atoms with Crippen LogP contribution in [0.15, 0.2) is 109 Å². The van der Waals surface area contributed by atoms with Crippen molar-refractivity contribution in [3.63, 3.8) is 0 Å². The summed E-state index contributed by atoms with van der Waals surface area (Å²) in [5.74, 6) is -1.17. The van der Waals surface area contributed by atoms with Gasteiger partial charge in [0.05, 0.1) is 18.0 Å². The number of nitrogens with zero attached hydrogens (tertiary/aromatic N) is 4. The Morgan fingerprint density at radius 1 is 0.957 bits per heavy atom. The van der Waals surface area contributed by atoms with Gasteiger partial charge in [-0.05, 0) is 36.4 Å². The van der Waals surface area contributed by atoms with Crippen LogP contribution in [0.5, 0.6) is 0 Å². The number of thioether (sulfide) groups is 1. The lowest BCUT2D eigenvalue weighted by Crippen LogP contribution is -2.34. The van der Waals surface area contributed by atoms with Gasteiger partial charge in [-0.1, -0.05) is 54.6 Å². The number of ether oxygens (including phenoxy) is 2. The van der Waals surface area contributed by atoms with Crippen molar-refractivity contribution < 1.29 is 37.8 Å². The van der Waals surface area contributed by atoms with Gasteiger partial charge in [0.25, 0.3) is 5.91 Å². The number of rotatable bonds is 10. The summed E-state index contributed by atoms with van der Waals surface area (Å²) in [5.41, 5.74) is 0.863. The number of benzene rings is 3. The number of carbonyl (C=O) groups excluding carboxylic acids is 2. The van der Waals surface area contributed by atoms with Crippen molar-refractivity contribution in [3.8, 4) is 0 Å². The van der Waals surface area contributed by atoms with Gasteiger partial charge >= 0.3 is 13.6 Å². The van der Waals surface area contributed by atoms with Crippen LogP contribution < -0.4 is 5.32 Å². The molecule has 3 aromatic carbocycles. The number of halogens is 1. The molecule has 15 heteroatoms. The van der Waals surface area contributed by atoms with Gasteiger partial charge in [0.15, 0.2) is 35.5 Å². The molecule has 46 heavy (non-hydrogen) atoms. The van der Waals surface area contributed by atoms with E-state index in [-0.39, 0.29) is 22.5 Å². The molecular formula is C31H27FN5O7PS. The highest BCUT2D eigenvalue weighted by Crippen LogP contribution is 2.53. The van der Waals surface area contributed by atoms with Crippen molar-refractivity contribution >= 4 is 48.2 Å². The van der Waals surface area contributed by atoms with Crippen molar-refractivity contribution in [1.82, 2.24) is 19.5 Å². The van der Waals surface area contributed by atoms with Crippen LogP contribution in [0.3, 0.4) is 0 Å². The number of nitrogens with one attached hydrogen (secondary N) is 1. The molecule has 3 heterocycles. The van der Waals surface area contributed by atoms with Crippen molar-refractivity contribution in [3.05, 3.63) is 115 Å². The lowest BCUT2D eigenvalue weighted by molar-refractivity contribution is -0.0474. The van der Waals surface area contributed by atoms with Crippen LogP contribution in [0.25, 0.3) is 11.2 Å². The van der Waals surface area contributed by atoms with Gasteiger partial charge in [-0.15, -0.1) is 11.8 Å². The molecule has 0 bridgehead atoms. The molecule has 5 atom stereocenters. The molecule has 12 nitrogen and oxygen atoms in total. The number of anilines is 1. The Labute approximate surface area is 266 Å². The van der Waals surface area contributed by atoms with E-state index in [0.29, 0.717) is 10.5 Å². The lowest BCUT2D eigenvalue weighted by Gasteiger charge is -2.22. The number of aromatic nitrogens is 4. The van der Waals surface area contributed by atoms with Gasteiger partial charge in [-0.2, -0.15) is 0 Å². The Hall–Kier alpha value is -4.46. The van der Waals surface area contributed by atoms with Gasteiger partial charge in [0.1, 0.15) is 11.3 Å². The summed E-state index contributed by atoms with van der Waals surface area (Å²) in [4.78, 5) is 58.3. The summed E-state index contributed by atoms with van der Waals surface area (Å²) in [6, 6.07) is 25.1. The van der Waals surface area contributed by atoms with E-state index in [2.05, 4.69) is 20.3 Å². The molecule has 3 N–H and O–H groups in total. The van der Waals surface area contributed by atoms with Crippen molar-refractivity contribution in [1.29, 1.82) is 0 Å². The molecule has 0 spiro atoms. The van der Waals surface area contributed by atoms with Gasteiger partial charge in [-0.25, -0.2) is 24.1 Å². The molecule has 236 valence electrons. The quantitative estimate of drug-likeness (QED) is 0.102. The van der Waals surface area contributed by atoms with E-state index in [9.17, 15) is 23.9 Å². The SMILES string of the molecule is O=C(Nc1ncnc2c1ncn2C1OC(CC(Sc2ccccc2)P(=O)(O)O)C(F)C1OC(=O)c1ccccc1)c1ccccc1. The highest BCUT2D eigenvalue weighted by Gasteiger charge is 2.51. The molecule has 0 radical (unpaired) electrons. The molecular weight excluding hydrogens is 636 g/mol. The van der Waals surface area contributed by atoms with E-state index in [1.54, 1.807) is 78.9 Å². The minimum absolute atomic E-state index is 0.0857. The third kappa shape index (κ3) is 6.86. The predicted molar refractivity (Wildman–Crippen MR) is 167 cm³/mol. The molecule has 0 aliphatic carbocycles. The minimum Gasteiger partial charge on any atom is -0.451 e. The molecule has 2 aromatic heterocycles. The van der Waals surface area contributed by atoms with Gasteiger partial charge in [-0.3, -0.25) is 13.9 Å². The summed E-state index contributed by atoms with van der Waals surface area (Å²) in [5, 5.41) is 2.70. The summed E-state index contributed by atoms with van der Waals surface area (Å²) >= 11 is 0.906. The molecule has 1 saturated heterocycles. The first-order valence-electron chi connectivity index (χ1n) is 14.1. The maximum absolute atomic E-state index is 16.3. The number of carbonyl (C=O) groups is 2. The summed E-state index contributed by atoms with van der Waals surface area (Å²) in [7, 11) is -4.75. The molecule has 1 fully saturated rings. The summed E-state index contributed by atoms with van der Waals surface area (Å²) in [6.45, 7) is 0. The first-order chi connectivity index (χ1) is 22.2. The standard InChI is InChI=1S/C31H27FN5O7PS/c32-24-22(16-23(45(40,41)42)46-21-14-8-3-9-15-21)43-30(26(24)44-31(39)20-12-6-2-7-13-20)37-18-35-25-27(33-17-34-28(25)37)36-29(38)19-10-4-1-5-11-19/h1-15,17-18,22-24,26,30H,16H2,(H2,40,41,42)(H,33,34,36,38). The van der Waals surface area contributed by atoms with E-state index in [4.69, 9.17) is 9.47 Å². The zero-order valence-electron chi connectivity index (χ0n) is 23.9. The number of alkyl halides is 1. The monoisotopic (exact) mass is 663 g/mol. The zero-order chi connectivity index (χ0) is 32.3. The van der Waals surface area contributed by atoms with E-state index in [1.807, 2.05) is 0 Å². The average molecular weight is 664 g/mol. The average Bonchev–Trinajstić information content (AvgIpc) is 3.63. The number of hydrogen-bond donors (Lipinski definition) is 3. The molecule has 5 unspecified atom stereocenters. The van der Waals surface area contributed by atoms with Crippen molar-refractivity contribution in [2.24, 2.45) is 0 Å². The second-order valence-electron chi connectivity index (χ2n) is 10.3. The smallest absolute Gasteiger partial charge is 0.338 e. The predicted octanol–water partition coefficient (Wildman–Crippen LogP) is 5.23. The van der Waals surface area contributed by atoms with E-state index < -0.39 is 55.5 Å². The Bertz CT molecular complexity index is 1880. The van der Waals surface area contributed by atoms with Crippen LogP contribution in [0, 0.1) is 0 Å². The molecule has 6 rings (SSSR count). The van der Waals surface area contributed by atoms with Crippen LogP contribution in [0.4, 0.5) is 10.2 Å². The molecule has 1 amide bonds. The summed E-state index contributed by atoms with van der Waals surface area (Å²) < 4.78 is 41.9. The Morgan fingerprint density at radius 3 is 2.24 bits per heavy atom. The second-order valence-corrected chi connectivity index (χ2v) is 13.7. The Balaban J connectivity index is 1.32. The number of imidazole rings is 1. The Kier molecular flexibility index (Phi) is 9.24. The van der Waals surface area contributed by atoms with Crippen LogP contribution >= 0.6 is 19.4 Å². The maximum Gasteiger partial charge on any atom is 0.338 e. The molecule has 5 aromatic rings. The topological polar surface area (TPSA) is 166 Å². The van der Waals surface area contributed by atoms with E-state index >= 15 is 4.39 Å². The summed E-state index contributed by atoms with van der Waals surface area (Å²) in [6.07, 6.45) is -4.17. The fraction of sp³-hybridized carbons (Fsp3) is 0.194. The van der Waals surface area contributed by atoms with Gasteiger partial charge in [0.2, 0.25) is 0 Å². The number of hydrogen-bond acceptors (Lipinski definition) is 9. The van der Waals surface area contributed by atoms with Crippen LogP contribution in [-0.4, -0.2) is 64.6 Å². The van der Waals surface area contributed by atoms with Crippen molar-refractivity contribution in [2.75, 3.05) is 5.32 Å². The minimum atomic E-state index is -4.75. The number of amides is 1. The molecule has 1 aliphatic rings. The lowest BCUT2D eigenvalue weighted by atomic mass is 10.1. The third-order valence-corrected chi connectivity index (χ3v) is 10.4. The highest BCUT2D eigenvalue weighted by atomic mass is 32.2. The first-order valence-corrected chi connectivity index (χ1v) is 16.6.